The molecule has 17 heavy (non-hydrogen) atoms. The van der Waals surface area contributed by atoms with Crippen molar-refractivity contribution in [2.75, 3.05) is 14.1 Å². The van der Waals surface area contributed by atoms with Crippen LogP contribution in [-0.2, 0) is 5.54 Å². The van der Waals surface area contributed by atoms with Crippen molar-refractivity contribution in [1.29, 1.82) is 0 Å². The molecule has 0 aliphatic heterocycles. The summed E-state index contributed by atoms with van der Waals surface area (Å²) in [7, 11) is 4.14. The summed E-state index contributed by atoms with van der Waals surface area (Å²) in [5, 5.41) is 0. The minimum Gasteiger partial charge on any atom is -0.328 e. The van der Waals surface area contributed by atoms with Crippen molar-refractivity contribution in [1.82, 2.24) is 4.90 Å². The molecule has 2 rings (SSSR count). The summed E-state index contributed by atoms with van der Waals surface area (Å²) in [5.74, 6) is -0.154. The normalized spacial score (nSPS) is 29.6. The predicted molar refractivity (Wildman–Crippen MR) is 68.2 cm³/mol. The number of hydrogen-bond acceptors (Lipinski definition) is 2. The molecule has 1 aromatic rings. The van der Waals surface area contributed by atoms with E-state index in [2.05, 4.69) is 19.0 Å². The van der Waals surface area contributed by atoms with Gasteiger partial charge in [-0.1, -0.05) is 12.1 Å². The highest BCUT2D eigenvalue weighted by Crippen LogP contribution is 2.40. The Morgan fingerprint density at radius 3 is 2.47 bits per heavy atom. The molecule has 3 heteroatoms. The van der Waals surface area contributed by atoms with Crippen LogP contribution in [0, 0.1) is 5.82 Å². The number of benzene rings is 1. The first-order valence-electron chi connectivity index (χ1n) is 6.24. The van der Waals surface area contributed by atoms with Gasteiger partial charge in [-0.15, -0.1) is 0 Å². The molecule has 2 nitrogen and oxygen atoms in total. The van der Waals surface area contributed by atoms with Crippen LogP contribution >= 0.6 is 0 Å². The molecule has 0 heterocycles. The Morgan fingerprint density at radius 1 is 1.29 bits per heavy atom. The third-order valence-electron chi connectivity index (χ3n) is 4.08. The molecule has 1 fully saturated rings. The summed E-state index contributed by atoms with van der Waals surface area (Å²) in [6.07, 6.45) is 4.03. The number of halogens is 1. The van der Waals surface area contributed by atoms with Gasteiger partial charge >= 0.3 is 0 Å². The van der Waals surface area contributed by atoms with Gasteiger partial charge in [-0.05, 0) is 57.5 Å². The number of nitrogens with two attached hydrogens (primary N) is 1. The highest BCUT2D eigenvalue weighted by Gasteiger charge is 2.37. The highest BCUT2D eigenvalue weighted by molar-refractivity contribution is 5.26. The molecule has 0 radical (unpaired) electrons. The van der Waals surface area contributed by atoms with Crippen molar-refractivity contribution in [2.45, 2.75) is 37.3 Å². The second kappa shape index (κ2) is 4.75. The van der Waals surface area contributed by atoms with E-state index in [0.29, 0.717) is 6.04 Å². The zero-order valence-corrected chi connectivity index (χ0v) is 10.6. The molecule has 0 spiro atoms. The average Bonchev–Trinajstić information content (AvgIpc) is 2.30. The van der Waals surface area contributed by atoms with Gasteiger partial charge in [0.25, 0.3) is 0 Å². The molecule has 94 valence electrons. The molecule has 1 aliphatic rings. The Balaban J connectivity index is 2.35. The van der Waals surface area contributed by atoms with E-state index >= 15 is 0 Å². The van der Waals surface area contributed by atoms with E-state index < -0.39 is 0 Å². The summed E-state index contributed by atoms with van der Waals surface area (Å²) in [5.41, 5.74) is 7.01. The monoisotopic (exact) mass is 236 g/mol. The first kappa shape index (κ1) is 12.5. The molecular formula is C14H21FN2. The van der Waals surface area contributed by atoms with Crippen LogP contribution in [0.5, 0.6) is 0 Å². The molecule has 0 atom stereocenters. The van der Waals surface area contributed by atoms with E-state index in [-0.39, 0.29) is 11.4 Å². The van der Waals surface area contributed by atoms with Gasteiger partial charge < -0.3 is 5.73 Å². The smallest absolute Gasteiger partial charge is 0.123 e. The molecule has 0 amide bonds. The maximum atomic E-state index is 13.4. The zero-order valence-electron chi connectivity index (χ0n) is 10.6. The van der Waals surface area contributed by atoms with Crippen LogP contribution < -0.4 is 5.73 Å². The van der Waals surface area contributed by atoms with Crippen LogP contribution in [0.4, 0.5) is 4.39 Å². The SMILES string of the molecule is CN(C)C1(c2cccc(F)c2)CCC(N)CC1. The van der Waals surface area contributed by atoms with Gasteiger partial charge in [-0.2, -0.15) is 0 Å². The van der Waals surface area contributed by atoms with Crippen molar-refractivity contribution in [3.05, 3.63) is 35.6 Å². The Bertz CT molecular complexity index is 382. The highest BCUT2D eigenvalue weighted by atomic mass is 19.1. The molecule has 2 N–H and O–H groups in total. The largest absolute Gasteiger partial charge is 0.328 e. The fourth-order valence-corrected chi connectivity index (χ4v) is 2.89. The fourth-order valence-electron chi connectivity index (χ4n) is 2.89. The van der Waals surface area contributed by atoms with E-state index in [4.69, 9.17) is 5.73 Å². The number of nitrogens with zero attached hydrogens (tertiary/aromatic N) is 1. The molecule has 1 saturated carbocycles. The molecule has 0 unspecified atom stereocenters. The first-order chi connectivity index (χ1) is 8.04. The van der Waals surface area contributed by atoms with Gasteiger partial charge in [-0.3, -0.25) is 4.90 Å². The minimum absolute atomic E-state index is 0.0437. The van der Waals surface area contributed by atoms with Crippen molar-refractivity contribution in [2.24, 2.45) is 5.73 Å². The summed E-state index contributed by atoms with van der Waals surface area (Å²) < 4.78 is 13.4. The lowest BCUT2D eigenvalue weighted by atomic mass is 9.74. The fraction of sp³-hybridized carbons (Fsp3) is 0.571. The molecule has 0 aromatic heterocycles. The summed E-state index contributed by atoms with van der Waals surface area (Å²) in [6, 6.07) is 7.29. The van der Waals surface area contributed by atoms with Crippen molar-refractivity contribution in [3.8, 4) is 0 Å². The standard InChI is InChI=1S/C14H21FN2/c1-17(2)14(8-6-13(16)7-9-14)11-4-3-5-12(15)10-11/h3-5,10,13H,6-9,16H2,1-2H3. The lowest BCUT2D eigenvalue weighted by Crippen LogP contribution is -2.46. The Labute approximate surface area is 103 Å². The van der Waals surface area contributed by atoms with Crippen LogP contribution in [0.1, 0.15) is 31.2 Å². The number of hydrogen-bond donors (Lipinski definition) is 1. The minimum atomic E-state index is -0.154. The van der Waals surface area contributed by atoms with Gasteiger partial charge in [0.2, 0.25) is 0 Å². The first-order valence-corrected chi connectivity index (χ1v) is 6.24. The van der Waals surface area contributed by atoms with Crippen molar-refractivity contribution >= 4 is 0 Å². The van der Waals surface area contributed by atoms with Crippen LogP contribution in [0.15, 0.2) is 24.3 Å². The van der Waals surface area contributed by atoms with E-state index in [1.807, 2.05) is 6.07 Å². The maximum Gasteiger partial charge on any atom is 0.123 e. The van der Waals surface area contributed by atoms with Crippen LogP contribution in [-0.4, -0.2) is 25.0 Å². The van der Waals surface area contributed by atoms with Crippen LogP contribution in [0.2, 0.25) is 0 Å². The van der Waals surface area contributed by atoms with Crippen molar-refractivity contribution in [3.63, 3.8) is 0 Å². The number of rotatable bonds is 2. The Hall–Kier alpha value is -0.930. The lowest BCUT2D eigenvalue weighted by molar-refractivity contribution is 0.0915. The summed E-state index contributed by atoms with van der Waals surface area (Å²) in [6.45, 7) is 0. The summed E-state index contributed by atoms with van der Waals surface area (Å²) >= 11 is 0. The lowest BCUT2D eigenvalue weighted by Gasteiger charge is -2.45. The Kier molecular flexibility index (Phi) is 3.50. The van der Waals surface area contributed by atoms with Gasteiger partial charge in [0.05, 0.1) is 0 Å². The topological polar surface area (TPSA) is 29.3 Å². The van der Waals surface area contributed by atoms with E-state index in [1.54, 1.807) is 12.1 Å². The van der Waals surface area contributed by atoms with E-state index in [0.717, 1.165) is 31.2 Å². The molecule has 1 aromatic carbocycles. The Morgan fingerprint density at radius 2 is 1.94 bits per heavy atom. The summed E-state index contributed by atoms with van der Waals surface area (Å²) in [4.78, 5) is 2.22. The van der Waals surface area contributed by atoms with Gasteiger partial charge in [0.1, 0.15) is 5.82 Å². The van der Waals surface area contributed by atoms with E-state index in [9.17, 15) is 4.39 Å². The predicted octanol–water partition coefficient (Wildman–Crippen LogP) is 2.48. The van der Waals surface area contributed by atoms with Crippen LogP contribution in [0.3, 0.4) is 0 Å². The molecule has 1 aliphatic carbocycles. The molecule has 0 saturated heterocycles. The molecular weight excluding hydrogens is 215 g/mol. The third-order valence-corrected chi connectivity index (χ3v) is 4.08. The van der Waals surface area contributed by atoms with Gasteiger partial charge in [0, 0.05) is 11.6 Å². The second-order valence-corrected chi connectivity index (χ2v) is 5.27. The zero-order chi connectivity index (χ0) is 12.5. The average molecular weight is 236 g/mol. The quantitative estimate of drug-likeness (QED) is 0.854. The molecule has 0 bridgehead atoms. The van der Waals surface area contributed by atoms with E-state index in [1.165, 1.54) is 6.07 Å². The third kappa shape index (κ3) is 2.35. The van der Waals surface area contributed by atoms with Gasteiger partial charge in [0.15, 0.2) is 0 Å². The van der Waals surface area contributed by atoms with Gasteiger partial charge in [-0.25, -0.2) is 4.39 Å². The van der Waals surface area contributed by atoms with Crippen LogP contribution in [0.25, 0.3) is 0 Å². The maximum absolute atomic E-state index is 13.4. The second-order valence-electron chi connectivity index (χ2n) is 5.27. The van der Waals surface area contributed by atoms with Crippen molar-refractivity contribution < 1.29 is 4.39 Å².